The monoisotopic (exact) mass is 411 g/mol. The Labute approximate surface area is 173 Å². The summed E-state index contributed by atoms with van der Waals surface area (Å²) < 4.78 is 31.9. The molecule has 0 atom stereocenters. The molecule has 3 aromatic rings. The average Bonchev–Trinajstić information content (AvgIpc) is 3.45. The summed E-state index contributed by atoms with van der Waals surface area (Å²) in [7, 11) is 4.60. The Morgan fingerprint density at radius 2 is 1.73 bits per heavy atom. The molecule has 0 aliphatic heterocycles. The lowest BCUT2D eigenvalue weighted by atomic mass is 9.94. The average molecular weight is 411 g/mol. The third kappa shape index (κ3) is 3.34. The molecule has 1 N–H and O–H groups in total. The first kappa shape index (κ1) is 19.8. The zero-order chi connectivity index (χ0) is 21.3. The molecule has 1 amide bonds. The number of ether oxygens (including phenoxy) is 3. The zero-order valence-corrected chi connectivity index (χ0v) is 16.9. The number of carbonyl (C=O) groups is 1. The summed E-state index contributed by atoms with van der Waals surface area (Å²) in [6.45, 7) is 0. The summed E-state index contributed by atoms with van der Waals surface area (Å²) in [5.74, 6) is 1.20. The fourth-order valence-corrected chi connectivity index (χ4v) is 3.56. The Bertz CT molecular complexity index is 1070. The zero-order valence-electron chi connectivity index (χ0n) is 16.9. The van der Waals surface area contributed by atoms with Gasteiger partial charge in [-0.2, -0.15) is 5.10 Å². The largest absolute Gasteiger partial charge is 0.493 e. The summed E-state index contributed by atoms with van der Waals surface area (Å²) in [6, 6.07) is 11.6. The van der Waals surface area contributed by atoms with Crippen molar-refractivity contribution in [1.82, 2.24) is 9.78 Å². The predicted molar refractivity (Wildman–Crippen MR) is 109 cm³/mol. The number of benzene rings is 2. The minimum atomic E-state index is -0.832. The number of hydrogen-bond acceptors (Lipinski definition) is 5. The molecule has 1 aliphatic rings. The number of carbonyl (C=O) groups excluding carboxylic acids is 1. The van der Waals surface area contributed by atoms with Crippen molar-refractivity contribution < 1.29 is 23.4 Å². The number of nitrogens with zero attached hydrogens (tertiary/aromatic N) is 2. The van der Waals surface area contributed by atoms with Gasteiger partial charge in [-0.25, -0.2) is 9.07 Å². The number of aromatic nitrogens is 2. The van der Waals surface area contributed by atoms with Crippen LogP contribution in [-0.2, 0) is 10.2 Å². The van der Waals surface area contributed by atoms with Crippen LogP contribution in [0.5, 0.6) is 17.2 Å². The van der Waals surface area contributed by atoms with Crippen molar-refractivity contribution in [3.05, 3.63) is 60.0 Å². The van der Waals surface area contributed by atoms with Gasteiger partial charge < -0.3 is 19.5 Å². The Morgan fingerprint density at radius 1 is 1.07 bits per heavy atom. The van der Waals surface area contributed by atoms with E-state index in [9.17, 15) is 9.18 Å². The molecular weight excluding hydrogens is 389 g/mol. The van der Waals surface area contributed by atoms with Crippen LogP contribution < -0.4 is 19.5 Å². The maximum Gasteiger partial charge on any atom is 0.236 e. The van der Waals surface area contributed by atoms with Crippen molar-refractivity contribution in [3.63, 3.8) is 0 Å². The van der Waals surface area contributed by atoms with Crippen molar-refractivity contribution in [3.8, 4) is 22.9 Å². The van der Waals surface area contributed by atoms with Crippen LogP contribution in [0.25, 0.3) is 5.69 Å². The summed E-state index contributed by atoms with van der Waals surface area (Å²) in [5.41, 5.74) is 0.258. The Morgan fingerprint density at radius 3 is 2.30 bits per heavy atom. The van der Waals surface area contributed by atoms with E-state index in [0.29, 0.717) is 47.2 Å². The quantitative estimate of drug-likeness (QED) is 0.642. The van der Waals surface area contributed by atoms with E-state index in [-0.39, 0.29) is 11.7 Å². The molecule has 156 valence electrons. The molecule has 0 saturated heterocycles. The van der Waals surface area contributed by atoms with E-state index < -0.39 is 5.41 Å². The van der Waals surface area contributed by atoms with Crippen LogP contribution in [-0.4, -0.2) is 37.0 Å². The number of nitrogens with one attached hydrogen (secondary N) is 1. The normalized spacial score (nSPS) is 14.1. The number of methoxy groups -OCH3 is 3. The number of anilines is 1. The molecule has 1 heterocycles. The van der Waals surface area contributed by atoms with Gasteiger partial charge in [0.25, 0.3) is 0 Å². The molecule has 0 bridgehead atoms. The highest BCUT2D eigenvalue weighted by Gasteiger charge is 2.52. The molecular formula is C22H22FN3O4. The van der Waals surface area contributed by atoms with E-state index >= 15 is 0 Å². The van der Waals surface area contributed by atoms with Gasteiger partial charge in [0.05, 0.1) is 32.4 Å². The molecule has 1 aromatic heterocycles. The van der Waals surface area contributed by atoms with Crippen LogP contribution in [0.4, 0.5) is 10.2 Å². The molecule has 30 heavy (non-hydrogen) atoms. The Kier molecular flexibility index (Phi) is 5.07. The van der Waals surface area contributed by atoms with Crippen LogP contribution in [0, 0.1) is 5.82 Å². The van der Waals surface area contributed by atoms with Crippen molar-refractivity contribution in [2.75, 3.05) is 26.6 Å². The molecule has 0 spiro atoms. The fraction of sp³-hybridized carbons (Fsp3) is 0.273. The third-order valence-electron chi connectivity index (χ3n) is 5.32. The third-order valence-corrected chi connectivity index (χ3v) is 5.32. The van der Waals surface area contributed by atoms with Gasteiger partial charge in [0.15, 0.2) is 17.3 Å². The number of rotatable bonds is 7. The molecule has 0 unspecified atom stereocenters. The van der Waals surface area contributed by atoms with Crippen LogP contribution in [0.1, 0.15) is 18.4 Å². The number of hydrogen-bond donors (Lipinski definition) is 1. The molecule has 0 radical (unpaired) electrons. The van der Waals surface area contributed by atoms with Gasteiger partial charge in [-0.05, 0) is 18.9 Å². The van der Waals surface area contributed by atoms with Gasteiger partial charge in [-0.15, -0.1) is 0 Å². The molecule has 1 saturated carbocycles. The first-order valence-electron chi connectivity index (χ1n) is 9.45. The molecule has 4 rings (SSSR count). The van der Waals surface area contributed by atoms with Gasteiger partial charge in [0.2, 0.25) is 11.7 Å². The Balaban J connectivity index is 1.58. The number of halogens is 1. The standard InChI is InChI=1S/C22H22FN3O4/c1-28-17-12-14(13-18(29-2)20(17)30-3)26-11-8-19(25-26)24-21(27)22(9-10-22)15-6-4-5-7-16(15)23/h4-8,11-13H,9-10H2,1-3H3,(H,24,25,27). The molecule has 2 aromatic carbocycles. The van der Waals surface area contributed by atoms with Gasteiger partial charge in [0, 0.05) is 30.0 Å². The molecule has 7 nitrogen and oxygen atoms in total. The number of amides is 1. The van der Waals surface area contributed by atoms with E-state index in [1.54, 1.807) is 47.3 Å². The SMILES string of the molecule is COc1cc(-n2ccc(NC(=O)C3(c4ccccc4F)CC3)n2)cc(OC)c1OC. The summed E-state index contributed by atoms with van der Waals surface area (Å²) >= 11 is 0. The minimum Gasteiger partial charge on any atom is -0.493 e. The van der Waals surface area contributed by atoms with Gasteiger partial charge >= 0.3 is 0 Å². The highest BCUT2D eigenvalue weighted by molar-refractivity contribution is 6.00. The fourth-order valence-electron chi connectivity index (χ4n) is 3.56. The van der Waals surface area contributed by atoms with E-state index in [1.807, 2.05) is 0 Å². The van der Waals surface area contributed by atoms with Crippen molar-refractivity contribution >= 4 is 11.7 Å². The van der Waals surface area contributed by atoms with Crippen molar-refractivity contribution in [1.29, 1.82) is 0 Å². The smallest absolute Gasteiger partial charge is 0.236 e. The van der Waals surface area contributed by atoms with Crippen LogP contribution in [0.2, 0.25) is 0 Å². The van der Waals surface area contributed by atoms with Crippen LogP contribution in [0.3, 0.4) is 0 Å². The van der Waals surface area contributed by atoms with Gasteiger partial charge in [-0.3, -0.25) is 4.79 Å². The first-order valence-corrected chi connectivity index (χ1v) is 9.45. The summed E-state index contributed by atoms with van der Waals surface area (Å²) in [5, 5.41) is 7.24. The lowest BCUT2D eigenvalue weighted by molar-refractivity contribution is -0.118. The second kappa shape index (κ2) is 7.70. The van der Waals surface area contributed by atoms with Crippen LogP contribution >= 0.6 is 0 Å². The lowest BCUT2D eigenvalue weighted by Gasteiger charge is -2.15. The first-order chi connectivity index (χ1) is 14.5. The van der Waals surface area contributed by atoms with E-state index in [2.05, 4.69) is 10.4 Å². The Hall–Kier alpha value is -3.55. The molecule has 1 fully saturated rings. The topological polar surface area (TPSA) is 74.6 Å². The van der Waals surface area contributed by atoms with E-state index in [4.69, 9.17) is 14.2 Å². The highest BCUT2D eigenvalue weighted by Crippen LogP contribution is 2.49. The van der Waals surface area contributed by atoms with E-state index in [1.165, 1.54) is 27.4 Å². The summed E-state index contributed by atoms with van der Waals surface area (Å²) in [6.07, 6.45) is 2.92. The van der Waals surface area contributed by atoms with Crippen molar-refractivity contribution in [2.24, 2.45) is 0 Å². The second-order valence-electron chi connectivity index (χ2n) is 7.05. The maximum atomic E-state index is 14.2. The summed E-state index contributed by atoms with van der Waals surface area (Å²) in [4.78, 5) is 12.9. The second-order valence-corrected chi connectivity index (χ2v) is 7.05. The van der Waals surface area contributed by atoms with Gasteiger partial charge in [-0.1, -0.05) is 18.2 Å². The lowest BCUT2D eigenvalue weighted by Crippen LogP contribution is -2.29. The van der Waals surface area contributed by atoms with Crippen molar-refractivity contribution in [2.45, 2.75) is 18.3 Å². The van der Waals surface area contributed by atoms with Gasteiger partial charge in [0.1, 0.15) is 5.82 Å². The molecule has 1 aliphatic carbocycles. The minimum absolute atomic E-state index is 0.261. The maximum absolute atomic E-state index is 14.2. The van der Waals surface area contributed by atoms with Crippen LogP contribution in [0.15, 0.2) is 48.7 Å². The molecule has 8 heteroatoms. The highest BCUT2D eigenvalue weighted by atomic mass is 19.1. The predicted octanol–water partition coefficient (Wildman–Crippen LogP) is 3.71. The van der Waals surface area contributed by atoms with E-state index in [0.717, 1.165) is 0 Å².